The molecule has 0 atom stereocenters. The van der Waals surface area contributed by atoms with Crippen LogP contribution in [0.25, 0.3) is 0 Å². The van der Waals surface area contributed by atoms with Gasteiger partial charge in [0.15, 0.2) is 0 Å². The van der Waals surface area contributed by atoms with Gasteiger partial charge in [-0.2, -0.15) is 9.29 Å². The lowest BCUT2D eigenvalue weighted by Crippen LogP contribution is -2.40. The van der Waals surface area contributed by atoms with Gasteiger partial charge in [-0.05, 0) is 49.7 Å². The number of benzene rings is 1. The summed E-state index contributed by atoms with van der Waals surface area (Å²) in [5.74, 6) is -0.0281. The topological polar surface area (TPSA) is 146 Å². The van der Waals surface area contributed by atoms with Crippen LogP contribution in [0.4, 0.5) is 5.82 Å². The van der Waals surface area contributed by atoms with Crippen molar-refractivity contribution in [3.8, 4) is 17.5 Å². The van der Waals surface area contributed by atoms with Gasteiger partial charge in [0.25, 0.3) is 5.91 Å². The summed E-state index contributed by atoms with van der Waals surface area (Å²) in [4.78, 5) is 33.1. The summed E-state index contributed by atoms with van der Waals surface area (Å²) in [6.45, 7) is 4.95. The van der Waals surface area contributed by atoms with Gasteiger partial charge in [0.2, 0.25) is 21.8 Å². The molecule has 0 aliphatic carbocycles. The molecule has 0 spiro atoms. The van der Waals surface area contributed by atoms with Crippen molar-refractivity contribution in [3.05, 3.63) is 65.9 Å². The predicted molar refractivity (Wildman–Crippen MR) is 144 cm³/mol. The van der Waals surface area contributed by atoms with E-state index in [0.29, 0.717) is 37.6 Å². The van der Waals surface area contributed by atoms with E-state index in [-0.39, 0.29) is 40.6 Å². The van der Waals surface area contributed by atoms with Gasteiger partial charge in [-0.1, -0.05) is 6.07 Å². The zero-order valence-corrected chi connectivity index (χ0v) is 23.1. The Balaban J connectivity index is 1.50. The average molecular weight is 571 g/mol. The largest absolute Gasteiger partial charge is 0.475 e. The Morgan fingerprint density at radius 1 is 1.05 bits per heavy atom. The first-order valence-electron chi connectivity index (χ1n) is 12.5. The Kier molecular flexibility index (Phi) is 9.30. The van der Waals surface area contributed by atoms with Crippen molar-refractivity contribution in [1.29, 1.82) is 0 Å². The lowest BCUT2D eigenvalue weighted by molar-refractivity contribution is -0.139. The number of ether oxygens (including phenoxy) is 4. The number of morpholine rings is 1. The second-order valence-electron chi connectivity index (χ2n) is 9.05. The molecule has 0 unspecified atom stereocenters. The standard InChI is InChI=1S/C27H30N4O8S/c1-18(2)38-24-15-20(27(33)29-23-9-4-19(17-28-23)14-26(32)36-3)16-25(30-24)39-21-5-7-22(8-6-21)40(34,35)31-10-12-37-13-11-31/h4-9,15-18H,10-14H2,1-3H3,(H,28,29,33). The highest BCUT2D eigenvalue weighted by Crippen LogP contribution is 2.27. The van der Waals surface area contributed by atoms with Crippen LogP contribution in [0.2, 0.25) is 0 Å². The molecule has 2 aromatic heterocycles. The number of rotatable bonds is 10. The third-order valence-electron chi connectivity index (χ3n) is 5.69. The van der Waals surface area contributed by atoms with E-state index < -0.39 is 21.9 Å². The Hall–Kier alpha value is -4.07. The molecule has 1 saturated heterocycles. The van der Waals surface area contributed by atoms with Crippen LogP contribution in [0.1, 0.15) is 29.8 Å². The van der Waals surface area contributed by atoms with Gasteiger partial charge >= 0.3 is 5.97 Å². The van der Waals surface area contributed by atoms with Crippen molar-refractivity contribution < 1.29 is 37.0 Å². The van der Waals surface area contributed by atoms with E-state index in [0.717, 1.165) is 0 Å². The van der Waals surface area contributed by atoms with E-state index in [1.54, 1.807) is 12.1 Å². The quantitative estimate of drug-likeness (QED) is 0.361. The van der Waals surface area contributed by atoms with Crippen LogP contribution in [-0.4, -0.2) is 74.1 Å². The van der Waals surface area contributed by atoms with E-state index in [1.807, 2.05) is 13.8 Å². The number of carbonyl (C=O) groups is 2. The van der Waals surface area contributed by atoms with Crippen LogP contribution < -0.4 is 14.8 Å². The predicted octanol–water partition coefficient (Wildman–Crippen LogP) is 3.04. The molecule has 1 aromatic carbocycles. The number of nitrogens with zero attached hydrogens (tertiary/aromatic N) is 3. The zero-order chi connectivity index (χ0) is 28.7. The molecule has 212 valence electrons. The molecule has 12 nitrogen and oxygen atoms in total. The van der Waals surface area contributed by atoms with Crippen LogP contribution in [0.15, 0.2) is 59.6 Å². The number of carbonyl (C=O) groups excluding carboxylic acids is 2. The molecule has 13 heteroatoms. The number of sulfonamides is 1. The van der Waals surface area contributed by atoms with Crippen LogP contribution in [0.3, 0.4) is 0 Å². The monoisotopic (exact) mass is 570 g/mol. The number of amides is 1. The maximum absolute atomic E-state index is 13.0. The number of anilines is 1. The summed E-state index contributed by atoms with van der Waals surface area (Å²) in [6, 6.07) is 12.1. The molecule has 0 radical (unpaired) electrons. The highest BCUT2D eigenvalue weighted by Gasteiger charge is 2.26. The van der Waals surface area contributed by atoms with Crippen LogP contribution in [-0.2, 0) is 30.7 Å². The molecular weight excluding hydrogens is 540 g/mol. The normalized spacial score (nSPS) is 14.0. The summed E-state index contributed by atoms with van der Waals surface area (Å²) in [5, 5.41) is 2.69. The number of hydrogen-bond acceptors (Lipinski definition) is 10. The number of methoxy groups -OCH3 is 1. The second-order valence-corrected chi connectivity index (χ2v) is 11.0. The number of nitrogens with one attached hydrogen (secondary N) is 1. The third kappa shape index (κ3) is 7.52. The fraction of sp³-hybridized carbons (Fsp3) is 0.333. The van der Waals surface area contributed by atoms with Gasteiger partial charge in [-0.3, -0.25) is 9.59 Å². The lowest BCUT2D eigenvalue weighted by atomic mass is 10.2. The SMILES string of the molecule is COC(=O)Cc1ccc(NC(=O)c2cc(Oc3ccc(S(=O)(=O)N4CCOCC4)cc3)nc(OC(C)C)c2)nc1. The van der Waals surface area contributed by atoms with Gasteiger partial charge in [0, 0.05) is 31.4 Å². The number of esters is 1. The minimum absolute atomic E-state index is 0.0683. The summed E-state index contributed by atoms with van der Waals surface area (Å²) >= 11 is 0. The fourth-order valence-electron chi connectivity index (χ4n) is 3.73. The van der Waals surface area contributed by atoms with Crippen LogP contribution in [0, 0.1) is 0 Å². The third-order valence-corrected chi connectivity index (χ3v) is 7.61. The van der Waals surface area contributed by atoms with Crippen molar-refractivity contribution in [1.82, 2.24) is 14.3 Å². The smallest absolute Gasteiger partial charge is 0.310 e. The first-order chi connectivity index (χ1) is 19.1. The highest BCUT2D eigenvalue weighted by molar-refractivity contribution is 7.89. The molecule has 4 rings (SSSR count). The zero-order valence-electron chi connectivity index (χ0n) is 22.3. The number of aromatic nitrogens is 2. The Morgan fingerprint density at radius 2 is 1.75 bits per heavy atom. The molecule has 3 heterocycles. The van der Waals surface area contributed by atoms with Gasteiger partial charge in [0.1, 0.15) is 11.6 Å². The first kappa shape index (κ1) is 28.9. The average Bonchev–Trinajstić information content (AvgIpc) is 2.94. The maximum Gasteiger partial charge on any atom is 0.310 e. The van der Waals surface area contributed by atoms with Gasteiger partial charge in [0.05, 0.1) is 43.3 Å². The first-order valence-corrected chi connectivity index (χ1v) is 14.0. The molecular formula is C27H30N4O8S. The molecule has 40 heavy (non-hydrogen) atoms. The highest BCUT2D eigenvalue weighted by atomic mass is 32.2. The molecule has 1 aliphatic rings. The van der Waals surface area contributed by atoms with Gasteiger partial charge < -0.3 is 24.3 Å². The molecule has 0 saturated carbocycles. The Morgan fingerprint density at radius 3 is 2.38 bits per heavy atom. The molecule has 1 N–H and O–H groups in total. The maximum atomic E-state index is 13.0. The summed E-state index contributed by atoms with van der Waals surface area (Å²) < 4.78 is 48.6. The minimum Gasteiger partial charge on any atom is -0.475 e. The number of hydrogen-bond donors (Lipinski definition) is 1. The summed E-state index contributed by atoms with van der Waals surface area (Å²) in [5.41, 5.74) is 0.841. The number of pyridine rings is 2. The van der Waals surface area contributed by atoms with Crippen molar-refractivity contribution in [3.63, 3.8) is 0 Å². The van der Waals surface area contributed by atoms with Crippen LogP contribution in [0.5, 0.6) is 17.5 Å². The van der Waals surface area contributed by atoms with E-state index >= 15 is 0 Å². The van der Waals surface area contributed by atoms with E-state index in [9.17, 15) is 18.0 Å². The van der Waals surface area contributed by atoms with Gasteiger partial charge in [-0.25, -0.2) is 13.4 Å². The summed E-state index contributed by atoms with van der Waals surface area (Å²) in [7, 11) is -2.34. The molecule has 0 bridgehead atoms. The fourth-order valence-corrected chi connectivity index (χ4v) is 5.14. The summed E-state index contributed by atoms with van der Waals surface area (Å²) in [6.07, 6.45) is 1.33. The minimum atomic E-state index is -3.65. The molecule has 3 aromatic rings. The molecule has 1 amide bonds. The van der Waals surface area contributed by atoms with E-state index in [2.05, 4.69) is 20.0 Å². The molecule has 1 fully saturated rings. The lowest BCUT2D eigenvalue weighted by Gasteiger charge is -2.26. The van der Waals surface area contributed by atoms with Crippen molar-refractivity contribution >= 4 is 27.7 Å². The Labute approximate surface area is 232 Å². The van der Waals surface area contributed by atoms with Crippen LogP contribution >= 0.6 is 0 Å². The second kappa shape index (κ2) is 12.9. The van der Waals surface area contributed by atoms with E-state index in [1.165, 1.54) is 54.0 Å². The van der Waals surface area contributed by atoms with Crippen molar-refractivity contribution in [2.75, 3.05) is 38.7 Å². The Bertz CT molecular complexity index is 1440. The van der Waals surface area contributed by atoms with Gasteiger partial charge in [-0.15, -0.1) is 0 Å². The molecule has 1 aliphatic heterocycles. The van der Waals surface area contributed by atoms with Crippen molar-refractivity contribution in [2.24, 2.45) is 0 Å². The van der Waals surface area contributed by atoms with Crippen molar-refractivity contribution in [2.45, 2.75) is 31.3 Å². The van der Waals surface area contributed by atoms with E-state index in [4.69, 9.17) is 14.2 Å².